The molecule has 10 heteroatoms. The smallest absolute Gasteiger partial charge is 0.315 e. The van der Waals surface area contributed by atoms with Crippen molar-refractivity contribution in [2.45, 2.75) is 58.5 Å². The van der Waals surface area contributed by atoms with E-state index in [1.807, 2.05) is 6.92 Å². The van der Waals surface area contributed by atoms with Crippen molar-refractivity contribution in [3.63, 3.8) is 0 Å². The van der Waals surface area contributed by atoms with Crippen LogP contribution in [-0.4, -0.2) is 49.0 Å². The average molecular weight is 503 g/mol. The monoisotopic (exact) mass is 502 g/mol. The number of urea groups is 1. The number of hydrogen-bond acceptors (Lipinski definition) is 6. The van der Waals surface area contributed by atoms with Gasteiger partial charge in [-0.25, -0.2) is 13.2 Å². The number of piperidine rings is 1. The normalized spacial score (nSPS) is 21.7. The highest BCUT2D eigenvalue weighted by atomic mass is 32.2. The summed E-state index contributed by atoms with van der Waals surface area (Å²) in [6.45, 7) is 9.84. The van der Waals surface area contributed by atoms with Gasteiger partial charge in [-0.1, -0.05) is 32.4 Å². The van der Waals surface area contributed by atoms with Crippen molar-refractivity contribution >= 4 is 16.1 Å². The van der Waals surface area contributed by atoms with Gasteiger partial charge in [0.1, 0.15) is 17.6 Å². The maximum atomic E-state index is 13.2. The number of ether oxygens (including phenoxy) is 1. The largest absolute Gasteiger partial charge is 0.463 e. The molecule has 3 N–H and O–H groups in total. The first-order valence-corrected chi connectivity index (χ1v) is 12.7. The number of aliphatic hydroxyl groups excluding tert-OH is 1. The van der Waals surface area contributed by atoms with Crippen LogP contribution in [0.25, 0.3) is 0 Å². The van der Waals surface area contributed by atoms with Crippen molar-refractivity contribution in [3.05, 3.63) is 59.0 Å². The zero-order valence-corrected chi connectivity index (χ0v) is 21.3. The fourth-order valence-electron chi connectivity index (χ4n) is 3.67. The summed E-state index contributed by atoms with van der Waals surface area (Å²) in [5.74, 6) is 0.806. The first kappa shape index (κ1) is 29.6. The van der Waals surface area contributed by atoms with E-state index in [4.69, 9.17) is 15.1 Å². The summed E-state index contributed by atoms with van der Waals surface area (Å²) in [6, 6.07) is 1.31. The van der Waals surface area contributed by atoms with Crippen LogP contribution in [0, 0.1) is 23.9 Å². The third-order valence-electron chi connectivity index (χ3n) is 5.32. The number of hydrogen-bond donors (Lipinski definition) is 3. The minimum absolute atomic E-state index is 0.198. The minimum atomic E-state index is -3.69. The summed E-state index contributed by atoms with van der Waals surface area (Å²) in [5.41, 5.74) is 0.519. The topological polar surface area (TPSA) is 132 Å². The number of carbonyl (C=O) groups is 1. The van der Waals surface area contributed by atoms with E-state index < -0.39 is 10.0 Å². The van der Waals surface area contributed by atoms with Gasteiger partial charge in [-0.15, -0.1) is 0 Å². The Hall–Kier alpha value is -3.47. The molecule has 0 bridgehead atoms. The Labute approximate surface area is 208 Å². The van der Waals surface area contributed by atoms with Gasteiger partial charge >= 0.3 is 6.03 Å². The Kier molecular flexibility index (Phi) is 12.4. The maximum Gasteiger partial charge on any atom is 0.315 e. The molecule has 2 atom stereocenters. The highest BCUT2D eigenvalue weighted by molar-refractivity contribution is 7.93. The third-order valence-corrected chi connectivity index (χ3v) is 7.34. The van der Waals surface area contributed by atoms with E-state index in [9.17, 15) is 13.2 Å². The van der Waals surface area contributed by atoms with Gasteiger partial charge in [-0.3, -0.25) is 0 Å². The molecule has 2 amide bonds. The van der Waals surface area contributed by atoms with Gasteiger partial charge in [-0.2, -0.15) is 9.57 Å². The van der Waals surface area contributed by atoms with Crippen molar-refractivity contribution in [1.82, 2.24) is 14.9 Å². The highest BCUT2D eigenvalue weighted by Crippen LogP contribution is 2.27. The molecule has 9 nitrogen and oxygen atoms in total. The number of terminal acetylenes is 1. The number of nitrogens with one attached hydrogen (secondary N) is 2. The zero-order valence-electron chi connectivity index (χ0n) is 20.5. The molecule has 2 heterocycles. The number of sulfonamides is 1. The number of amides is 2. The summed E-state index contributed by atoms with van der Waals surface area (Å²) in [7, 11) is -3.69. The molecule has 0 aromatic rings. The van der Waals surface area contributed by atoms with Gasteiger partial charge in [0.2, 0.25) is 10.0 Å². The lowest BCUT2D eigenvalue weighted by Crippen LogP contribution is -2.53. The molecule has 35 heavy (non-hydrogen) atoms. The average Bonchev–Trinajstić information content (AvgIpc) is 3.26. The van der Waals surface area contributed by atoms with Crippen molar-refractivity contribution in [3.8, 4) is 18.6 Å². The van der Waals surface area contributed by atoms with Crippen LogP contribution in [0.3, 0.4) is 0 Å². The number of nitrogens with zero attached hydrogens (tertiary/aromatic N) is 2. The molecule has 2 aliphatic heterocycles. The number of allylic oxidation sites excluding steroid dienone is 8. The van der Waals surface area contributed by atoms with E-state index in [-0.39, 0.29) is 23.0 Å². The Morgan fingerprint density at radius 2 is 2.03 bits per heavy atom. The second-order valence-corrected chi connectivity index (χ2v) is 9.97. The van der Waals surface area contributed by atoms with Crippen LogP contribution in [0.2, 0.25) is 0 Å². The van der Waals surface area contributed by atoms with Crippen LogP contribution in [0.5, 0.6) is 0 Å². The molecule has 0 spiro atoms. The van der Waals surface area contributed by atoms with Crippen LogP contribution < -0.4 is 10.6 Å². The van der Waals surface area contributed by atoms with Crippen LogP contribution in [0.15, 0.2) is 59.0 Å². The number of aliphatic hydroxyl groups is 1. The Morgan fingerprint density at radius 3 is 2.60 bits per heavy atom. The van der Waals surface area contributed by atoms with E-state index in [1.165, 1.54) is 16.5 Å². The summed E-state index contributed by atoms with van der Waals surface area (Å²) >= 11 is 0. The van der Waals surface area contributed by atoms with Crippen molar-refractivity contribution < 1.29 is 23.1 Å². The van der Waals surface area contributed by atoms with Crippen molar-refractivity contribution in [2.75, 3.05) is 13.1 Å². The lowest BCUT2D eigenvalue weighted by molar-refractivity contribution is 0.213. The zero-order chi connectivity index (χ0) is 26.4. The van der Waals surface area contributed by atoms with E-state index >= 15 is 0 Å². The molecule has 0 saturated carbocycles. The number of rotatable bonds is 9. The van der Waals surface area contributed by atoms with Gasteiger partial charge in [0.15, 0.2) is 0 Å². The minimum Gasteiger partial charge on any atom is -0.463 e. The van der Waals surface area contributed by atoms with Gasteiger partial charge in [-0.05, 0) is 57.4 Å². The van der Waals surface area contributed by atoms with Gasteiger partial charge in [0, 0.05) is 24.7 Å². The standard InChI is InChI=1S/C23H32N4O4S.C2H2O/c1-5-8-20(15-24)13-11-18(3)31-17(2)10-12-19(4)32(29,30)27-14-7-6-9-22(27)21-16-25-23(28)26-21;1-2-3/h8,10-13,21-22H,3,5-7,9,14,16H2,1-2,4H3,(H2,25,26,28);1,3H/b13-11-,17-10+,19-12+,20-8+;. The lowest BCUT2D eigenvalue weighted by Gasteiger charge is -2.37. The van der Waals surface area contributed by atoms with E-state index in [2.05, 4.69) is 29.7 Å². The maximum absolute atomic E-state index is 13.2. The Balaban J connectivity index is 0.00000194. The fourth-order valence-corrected chi connectivity index (χ4v) is 5.26. The molecule has 2 saturated heterocycles. The SMILES string of the molecule is C#CO.C=C(/C=C\C(C#N)=C/CC)O/C(C)=C/C=C(\C)S(=O)(=O)N1CCCCC1C1CNC(=O)N1. The molecule has 2 aliphatic rings. The van der Waals surface area contributed by atoms with E-state index in [1.54, 1.807) is 38.2 Å². The molecular weight excluding hydrogens is 468 g/mol. The van der Waals surface area contributed by atoms with Crippen LogP contribution in [0.1, 0.15) is 46.5 Å². The summed E-state index contributed by atoms with van der Waals surface area (Å²) in [6.07, 6.45) is 16.7. The van der Waals surface area contributed by atoms with Crippen molar-refractivity contribution in [1.29, 1.82) is 5.26 Å². The van der Waals surface area contributed by atoms with E-state index in [0.717, 1.165) is 19.3 Å². The summed E-state index contributed by atoms with van der Waals surface area (Å²) in [4.78, 5) is 11.7. The Morgan fingerprint density at radius 1 is 1.34 bits per heavy atom. The van der Waals surface area contributed by atoms with Gasteiger partial charge < -0.3 is 20.5 Å². The first-order chi connectivity index (χ1) is 16.6. The molecule has 2 rings (SSSR count). The molecule has 0 aromatic heterocycles. The van der Waals surface area contributed by atoms with Crippen LogP contribution in [-0.2, 0) is 14.8 Å². The Bertz CT molecular complexity index is 1070. The number of nitriles is 1. The van der Waals surface area contributed by atoms with Crippen LogP contribution >= 0.6 is 0 Å². The molecule has 0 aliphatic carbocycles. The van der Waals surface area contributed by atoms with E-state index in [0.29, 0.717) is 36.6 Å². The summed E-state index contributed by atoms with van der Waals surface area (Å²) < 4.78 is 33.5. The number of carbonyl (C=O) groups excluding carboxylic acids is 1. The second kappa shape index (κ2) is 14.7. The van der Waals surface area contributed by atoms with Gasteiger partial charge in [0.25, 0.3) is 0 Å². The van der Waals surface area contributed by atoms with Crippen LogP contribution in [0.4, 0.5) is 4.79 Å². The third kappa shape index (κ3) is 9.36. The fraction of sp³-hybridized carbons (Fsp3) is 0.440. The molecule has 2 fully saturated rings. The molecule has 190 valence electrons. The molecule has 0 radical (unpaired) electrons. The molecule has 2 unspecified atom stereocenters. The first-order valence-electron chi connectivity index (χ1n) is 11.3. The molecule has 0 aromatic carbocycles. The highest BCUT2D eigenvalue weighted by Gasteiger charge is 2.40. The quantitative estimate of drug-likeness (QED) is 0.191. The lowest BCUT2D eigenvalue weighted by atomic mass is 9.98. The summed E-state index contributed by atoms with van der Waals surface area (Å²) in [5, 5.41) is 21.7. The van der Waals surface area contributed by atoms with Gasteiger partial charge in [0.05, 0.1) is 17.0 Å². The predicted octanol–water partition coefficient (Wildman–Crippen LogP) is 3.56. The van der Waals surface area contributed by atoms with Crippen molar-refractivity contribution in [2.24, 2.45) is 0 Å². The predicted molar refractivity (Wildman–Crippen MR) is 135 cm³/mol. The molecular formula is C25H34N4O5S. The second-order valence-electron chi connectivity index (χ2n) is 7.90.